The molecule has 19 heavy (non-hydrogen) atoms. The van der Waals surface area contributed by atoms with Crippen LogP contribution in [0.2, 0.25) is 0 Å². The number of aromatic nitrogens is 2. The van der Waals surface area contributed by atoms with Crippen LogP contribution in [0.3, 0.4) is 0 Å². The molecule has 1 rings (SSSR count). The number of hydrogen-bond donors (Lipinski definition) is 2. The van der Waals surface area contributed by atoms with E-state index in [1.54, 1.807) is 0 Å². The number of nitrogens with one attached hydrogen (secondary N) is 1. The first-order chi connectivity index (χ1) is 9.21. The highest BCUT2D eigenvalue weighted by atomic mass is 15.2. The summed E-state index contributed by atoms with van der Waals surface area (Å²) in [7, 11) is 0. The molecule has 0 fully saturated rings. The van der Waals surface area contributed by atoms with Crippen molar-refractivity contribution in [1.29, 1.82) is 0 Å². The standard InChI is InChI=1S/C14H27N5/c1-4-7-9-19(10-8-5-2)13-11-12(16-6-3)17-14(15)18-13/h11H,4-10H2,1-3H3,(H3,15,16,17,18). The van der Waals surface area contributed by atoms with Crippen LogP contribution in [-0.4, -0.2) is 29.6 Å². The van der Waals surface area contributed by atoms with Gasteiger partial charge in [0.05, 0.1) is 0 Å². The Bertz CT molecular complexity index is 359. The Hall–Kier alpha value is -1.52. The molecule has 1 aromatic rings. The van der Waals surface area contributed by atoms with Crippen LogP contribution in [0.1, 0.15) is 46.5 Å². The molecular formula is C14H27N5. The lowest BCUT2D eigenvalue weighted by molar-refractivity contribution is 0.671. The molecule has 1 aromatic heterocycles. The van der Waals surface area contributed by atoms with Crippen LogP contribution >= 0.6 is 0 Å². The van der Waals surface area contributed by atoms with Crippen LogP contribution in [0.4, 0.5) is 17.6 Å². The number of rotatable bonds is 9. The minimum absolute atomic E-state index is 0.339. The second-order valence-corrected chi connectivity index (χ2v) is 4.69. The lowest BCUT2D eigenvalue weighted by atomic mass is 10.2. The Morgan fingerprint density at radius 3 is 2.26 bits per heavy atom. The molecule has 1 heterocycles. The molecular weight excluding hydrogens is 238 g/mol. The Labute approximate surface area is 116 Å². The number of nitrogens with two attached hydrogens (primary N) is 1. The topological polar surface area (TPSA) is 67.1 Å². The molecule has 0 radical (unpaired) electrons. The van der Waals surface area contributed by atoms with Crippen molar-refractivity contribution in [2.24, 2.45) is 0 Å². The van der Waals surface area contributed by atoms with Gasteiger partial charge in [0.25, 0.3) is 0 Å². The van der Waals surface area contributed by atoms with Crippen LogP contribution in [0.5, 0.6) is 0 Å². The van der Waals surface area contributed by atoms with Gasteiger partial charge in [-0.15, -0.1) is 0 Å². The number of nitrogens with zero attached hydrogens (tertiary/aromatic N) is 3. The Morgan fingerprint density at radius 2 is 1.74 bits per heavy atom. The molecule has 0 amide bonds. The lowest BCUT2D eigenvalue weighted by Crippen LogP contribution is -2.27. The fraction of sp³-hybridized carbons (Fsp3) is 0.714. The van der Waals surface area contributed by atoms with Crippen LogP contribution in [0.25, 0.3) is 0 Å². The first-order valence-corrected chi connectivity index (χ1v) is 7.34. The first kappa shape index (κ1) is 15.5. The molecule has 0 unspecified atom stereocenters. The largest absolute Gasteiger partial charge is 0.370 e. The van der Waals surface area contributed by atoms with Crippen molar-refractivity contribution in [2.45, 2.75) is 46.5 Å². The first-order valence-electron chi connectivity index (χ1n) is 7.34. The van der Waals surface area contributed by atoms with Crippen LogP contribution in [0.15, 0.2) is 6.07 Å². The molecule has 0 atom stereocenters. The van der Waals surface area contributed by atoms with Crippen molar-refractivity contribution >= 4 is 17.6 Å². The van der Waals surface area contributed by atoms with Gasteiger partial charge in [-0.2, -0.15) is 9.97 Å². The minimum atomic E-state index is 0.339. The monoisotopic (exact) mass is 265 g/mol. The highest BCUT2D eigenvalue weighted by Crippen LogP contribution is 2.18. The molecule has 0 aliphatic carbocycles. The van der Waals surface area contributed by atoms with E-state index in [1.807, 2.05) is 13.0 Å². The average molecular weight is 265 g/mol. The van der Waals surface area contributed by atoms with Crippen molar-refractivity contribution in [3.63, 3.8) is 0 Å². The maximum absolute atomic E-state index is 5.80. The van der Waals surface area contributed by atoms with Crippen molar-refractivity contribution in [1.82, 2.24) is 9.97 Å². The molecule has 0 aliphatic rings. The van der Waals surface area contributed by atoms with Gasteiger partial charge < -0.3 is 16.0 Å². The second-order valence-electron chi connectivity index (χ2n) is 4.69. The highest BCUT2D eigenvalue weighted by molar-refractivity contribution is 5.52. The van der Waals surface area contributed by atoms with Crippen molar-refractivity contribution in [3.05, 3.63) is 6.07 Å². The fourth-order valence-electron chi connectivity index (χ4n) is 1.93. The molecule has 0 bridgehead atoms. The maximum Gasteiger partial charge on any atom is 0.223 e. The quantitative estimate of drug-likeness (QED) is 0.718. The number of anilines is 3. The third-order valence-electron chi connectivity index (χ3n) is 2.97. The SMILES string of the molecule is CCCCN(CCCC)c1cc(NCC)nc(N)n1. The Morgan fingerprint density at radius 1 is 1.11 bits per heavy atom. The van der Waals surface area contributed by atoms with E-state index in [0.29, 0.717) is 5.95 Å². The smallest absolute Gasteiger partial charge is 0.223 e. The molecule has 0 saturated heterocycles. The summed E-state index contributed by atoms with van der Waals surface area (Å²) in [5.41, 5.74) is 5.80. The summed E-state index contributed by atoms with van der Waals surface area (Å²) >= 11 is 0. The molecule has 0 spiro atoms. The predicted octanol–water partition coefficient (Wildman–Crippen LogP) is 2.90. The summed E-state index contributed by atoms with van der Waals surface area (Å²) in [6.07, 6.45) is 4.71. The van der Waals surface area contributed by atoms with E-state index in [-0.39, 0.29) is 0 Å². The number of unbranched alkanes of at least 4 members (excludes halogenated alkanes) is 2. The van der Waals surface area contributed by atoms with E-state index < -0.39 is 0 Å². The minimum Gasteiger partial charge on any atom is -0.370 e. The van der Waals surface area contributed by atoms with E-state index >= 15 is 0 Å². The Kier molecular flexibility index (Phi) is 7.00. The summed E-state index contributed by atoms with van der Waals surface area (Å²) in [6.45, 7) is 9.34. The molecule has 3 N–H and O–H groups in total. The van der Waals surface area contributed by atoms with Gasteiger partial charge >= 0.3 is 0 Å². The van der Waals surface area contributed by atoms with Gasteiger partial charge in [-0.25, -0.2) is 0 Å². The van der Waals surface area contributed by atoms with Gasteiger partial charge in [0.15, 0.2) is 0 Å². The second kappa shape index (κ2) is 8.56. The van der Waals surface area contributed by atoms with Gasteiger partial charge in [-0.3, -0.25) is 0 Å². The maximum atomic E-state index is 5.80. The van der Waals surface area contributed by atoms with Gasteiger partial charge in [-0.1, -0.05) is 26.7 Å². The van der Waals surface area contributed by atoms with E-state index in [1.165, 1.54) is 25.7 Å². The van der Waals surface area contributed by atoms with Crippen molar-refractivity contribution in [2.75, 3.05) is 35.6 Å². The summed E-state index contributed by atoms with van der Waals surface area (Å²) in [5, 5.41) is 3.20. The number of nitrogen functional groups attached to an aromatic ring is 1. The summed E-state index contributed by atoms with van der Waals surface area (Å²) in [5.74, 6) is 2.08. The molecule has 0 aliphatic heterocycles. The van der Waals surface area contributed by atoms with E-state index in [4.69, 9.17) is 5.73 Å². The number of hydrogen-bond acceptors (Lipinski definition) is 5. The van der Waals surface area contributed by atoms with Crippen molar-refractivity contribution < 1.29 is 0 Å². The molecule has 0 saturated carbocycles. The normalized spacial score (nSPS) is 10.5. The highest BCUT2D eigenvalue weighted by Gasteiger charge is 2.10. The summed E-state index contributed by atoms with van der Waals surface area (Å²) in [6, 6.07) is 1.99. The van der Waals surface area contributed by atoms with E-state index in [0.717, 1.165) is 31.3 Å². The zero-order chi connectivity index (χ0) is 14.1. The zero-order valence-electron chi connectivity index (χ0n) is 12.4. The average Bonchev–Trinajstić information content (AvgIpc) is 2.38. The fourth-order valence-corrected chi connectivity index (χ4v) is 1.93. The van der Waals surface area contributed by atoms with Crippen molar-refractivity contribution in [3.8, 4) is 0 Å². The predicted molar refractivity (Wildman–Crippen MR) is 82.6 cm³/mol. The molecule has 5 heteroatoms. The third-order valence-corrected chi connectivity index (χ3v) is 2.97. The molecule has 108 valence electrons. The molecule has 5 nitrogen and oxygen atoms in total. The zero-order valence-corrected chi connectivity index (χ0v) is 12.4. The summed E-state index contributed by atoms with van der Waals surface area (Å²) in [4.78, 5) is 10.9. The van der Waals surface area contributed by atoms with Gasteiger partial charge in [0.1, 0.15) is 11.6 Å². The van der Waals surface area contributed by atoms with Gasteiger partial charge in [0.2, 0.25) is 5.95 Å². The van der Waals surface area contributed by atoms with Gasteiger partial charge in [0, 0.05) is 25.7 Å². The third kappa shape index (κ3) is 5.32. The van der Waals surface area contributed by atoms with E-state index in [2.05, 4.69) is 34.0 Å². The van der Waals surface area contributed by atoms with Crippen LogP contribution < -0.4 is 16.0 Å². The van der Waals surface area contributed by atoms with E-state index in [9.17, 15) is 0 Å². The molecule has 0 aromatic carbocycles. The summed E-state index contributed by atoms with van der Waals surface area (Å²) < 4.78 is 0. The van der Waals surface area contributed by atoms with Gasteiger partial charge in [-0.05, 0) is 19.8 Å². The van der Waals surface area contributed by atoms with Crippen LogP contribution in [0, 0.1) is 0 Å². The lowest BCUT2D eigenvalue weighted by Gasteiger charge is -2.24. The van der Waals surface area contributed by atoms with Crippen LogP contribution in [-0.2, 0) is 0 Å². The Balaban J connectivity index is 2.85.